The highest BCUT2D eigenvalue weighted by Gasteiger charge is 2.05. The van der Waals surface area contributed by atoms with Gasteiger partial charge in [-0.2, -0.15) is 11.8 Å². The van der Waals surface area contributed by atoms with Crippen LogP contribution in [0, 0.1) is 0 Å². The molecular formula is C15H21NOS. The van der Waals surface area contributed by atoms with Crippen molar-refractivity contribution in [3.05, 3.63) is 30.5 Å². The lowest BCUT2D eigenvalue weighted by Crippen LogP contribution is -1.99. The fourth-order valence-corrected chi connectivity index (χ4v) is 2.65. The molecule has 3 heteroatoms. The van der Waals surface area contributed by atoms with Crippen molar-refractivity contribution in [2.75, 3.05) is 18.1 Å². The minimum Gasteiger partial charge on any atom is -0.493 e. The fourth-order valence-electron chi connectivity index (χ4n) is 2.04. The van der Waals surface area contributed by atoms with Crippen molar-refractivity contribution < 1.29 is 4.74 Å². The lowest BCUT2D eigenvalue weighted by atomic mass is 10.2. The van der Waals surface area contributed by atoms with Gasteiger partial charge in [-0.3, -0.25) is 0 Å². The van der Waals surface area contributed by atoms with Crippen molar-refractivity contribution in [2.24, 2.45) is 0 Å². The van der Waals surface area contributed by atoms with Crippen LogP contribution >= 0.6 is 11.8 Å². The van der Waals surface area contributed by atoms with Crippen LogP contribution in [0.1, 0.15) is 20.3 Å². The number of hydrogen-bond donors (Lipinski definition) is 0. The smallest absolute Gasteiger partial charge is 0.128 e. The molecule has 1 aromatic carbocycles. The molecule has 2 nitrogen and oxygen atoms in total. The molecule has 0 amide bonds. The van der Waals surface area contributed by atoms with E-state index in [4.69, 9.17) is 4.74 Å². The maximum atomic E-state index is 5.79. The van der Waals surface area contributed by atoms with Crippen LogP contribution in [0.25, 0.3) is 10.9 Å². The topological polar surface area (TPSA) is 14.2 Å². The number of aryl methyl sites for hydroxylation is 1. The van der Waals surface area contributed by atoms with E-state index in [1.165, 1.54) is 22.4 Å². The van der Waals surface area contributed by atoms with Crippen molar-refractivity contribution in [3.8, 4) is 5.75 Å². The van der Waals surface area contributed by atoms with E-state index in [0.29, 0.717) is 0 Å². The summed E-state index contributed by atoms with van der Waals surface area (Å²) in [6, 6.07) is 8.47. The first-order valence-corrected chi connectivity index (χ1v) is 7.80. The van der Waals surface area contributed by atoms with Gasteiger partial charge in [0.25, 0.3) is 0 Å². The van der Waals surface area contributed by atoms with Crippen LogP contribution in [0.3, 0.4) is 0 Å². The normalized spacial score (nSPS) is 11.0. The maximum Gasteiger partial charge on any atom is 0.128 e. The summed E-state index contributed by atoms with van der Waals surface area (Å²) in [6.45, 7) is 6.19. The number of nitrogens with zero attached hydrogens (tertiary/aromatic N) is 1. The molecule has 2 aromatic rings. The molecular weight excluding hydrogens is 242 g/mol. The van der Waals surface area contributed by atoms with Gasteiger partial charge in [-0.25, -0.2) is 0 Å². The number of ether oxygens (including phenoxy) is 1. The third-order valence-electron chi connectivity index (χ3n) is 2.92. The minimum absolute atomic E-state index is 0.788. The Morgan fingerprint density at radius 1 is 1.22 bits per heavy atom. The first-order chi connectivity index (χ1) is 8.86. The van der Waals surface area contributed by atoms with Gasteiger partial charge in [0.15, 0.2) is 0 Å². The monoisotopic (exact) mass is 263 g/mol. The van der Waals surface area contributed by atoms with Gasteiger partial charge >= 0.3 is 0 Å². The van der Waals surface area contributed by atoms with Gasteiger partial charge in [-0.05, 0) is 30.4 Å². The number of fused-ring (bicyclic) bond motifs is 1. The average molecular weight is 263 g/mol. The number of hydrogen-bond acceptors (Lipinski definition) is 2. The van der Waals surface area contributed by atoms with E-state index < -0.39 is 0 Å². The van der Waals surface area contributed by atoms with Gasteiger partial charge in [0.05, 0.1) is 12.1 Å². The molecule has 0 fully saturated rings. The van der Waals surface area contributed by atoms with Crippen LogP contribution in [0.2, 0.25) is 0 Å². The minimum atomic E-state index is 0.788. The number of rotatable bonds is 7. The lowest BCUT2D eigenvalue weighted by molar-refractivity contribution is 0.321. The summed E-state index contributed by atoms with van der Waals surface area (Å²) in [6.07, 6.45) is 3.21. The molecule has 98 valence electrons. The number of benzene rings is 1. The van der Waals surface area contributed by atoms with Gasteiger partial charge in [0.1, 0.15) is 5.75 Å². The Morgan fingerprint density at radius 2 is 2.11 bits per heavy atom. The zero-order valence-corrected chi connectivity index (χ0v) is 12.0. The van der Waals surface area contributed by atoms with Crippen LogP contribution in [0.15, 0.2) is 30.5 Å². The van der Waals surface area contributed by atoms with Gasteiger partial charge < -0.3 is 9.30 Å². The van der Waals surface area contributed by atoms with E-state index in [-0.39, 0.29) is 0 Å². The van der Waals surface area contributed by atoms with Crippen molar-refractivity contribution in [2.45, 2.75) is 26.8 Å². The van der Waals surface area contributed by atoms with Crippen molar-refractivity contribution in [3.63, 3.8) is 0 Å². The molecule has 0 bridgehead atoms. The molecule has 0 saturated carbocycles. The largest absolute Gasteiger partial charge is 0.493 e. The molecule has 0 spiro atoms. The molecule has 0 N–H and O–H groups in total. The quantitative estimate of drug-likeness (QED) is 0.696. The third-order valence-corrected chi connectivity index (χ3v) is 3.80. The Bertz CT molecular complexity index is 492. The SMILES string of the molecule is CCCOc1cccc2c1ccn2CCSCC. The standard InChI is InChI=1S/C15H21NOS/c1-3-11-17-15-7-5-6-14-13(15)8-9-16(14)10-12-18-4-2/h5-9H,3-4,10-12H2,1-2H3. The second-order valence-corrected chi connectivity index (χ2v) is 5.64. The van der Waals surface area contributed by atoms with Crippen molar-refractivity contribution in [1.29, 1.82) is 0 Å². The van der Waals surface area contributed by atoms with Gasteiger partial charge in [0.2, 0.25) is 0 Å². The second-order valence-electron chi connectivity index (χ2n) is 4.24. The zero-order valence-electron chi connectivity index (χ0n) is 11.2. The van der Waals surface area contributed by atoms with Gasteiger partial charge in [-0.1, -0.05) is 19.9 Å². The molecule has 1 aromatic heterocycles. The van der Waals surface area contributed by atoms with Crippen LogP contribution in [0.5, 0.6) is 5.75 Å². The van der Waals surface area contributed by atoms with E-state index in [2.05, 4.69) is 48.9 Å². The van der Waals surface area contributed by atoms with E-state index in [1.54, 1.807) is 0 Å². The zero-order chi connectivity index (χ0) is 12.8. The second kappa shape index (κ2) is 6.74. The molecule has 0 saturated heterocycles. The highest BCUT2D eigenvalue weighted by Crippen LogP contribution is 2.26. The first kappa shape index (κ1) is 13.3. The van der Waals surface area contributed by atoms with Crippen molar-refractivity contribution in [1.82, 2.24) is 4.57 Å². The number of aromatic nitrogens is 1. The van der Waals surface area contributed by atoms with E-state index in [9.17, 15) is 0 Å². The third kappa shape index (κ3) is 3.02. The first-order valence-electron chi connectivity index (χ1n) is 6.65. The Kier molecular flexibility index (Phi) is 5.00. The van der Waals surface area contributed by atoms with Crippen LogP contribution in [-0.2, 0) is 6.54 Å². The Balaban J connectivity index is 2.19. The van der Waals surface area contributed by atoms with Crippen LogP contribution in [0.4, 0.5) is 0 Å². The highest BCUT2D eigenvalue weighted by atomic mass is 32.2. The fraction of sp³-hybridized carbons (Fsp3) is 0.467. The molecule has 0 atom stereocenters. The summed E-state index contributed by atoms with van der Waals surface area (Å²) >= 11 is 1.98. The van der Waals surface area contributed by atoms with E-state index in [0.717, 1.165) is 25.3 Å². The van der Waals surface area contributed by atoms with E-state index >= 15 is 0 Å². The molecule has 1 heterocycles. The molecule has 18 heavy (non-hydrogen) atoms. The van der Waals surface area contributed by atoms with Crippen LogP contribution < -0.4 is 4.74 Å². The van der Waals surface area contributed by atoms with Crippen LogP contribution in [-0.4, -0.2) is 22.7 Å². The van der Waals surface area contributed by atoms with Crippen molar-refractivity contribution >= 4 is 22.7 Å². The summed E-state index contributed by atoms with van der Waals surface area (Å²) in [5, 5.41) is 1.23. The molecule has 0 aliphatic carbocycles. The Labute approximate surface area is 113 Å². The number of thioether (sulfide) groups is 1. The van der Waals surface area contributed by atoms with Gasteiger partial charge in [0, 0.05) is 23.9 Å². The highest BCUT2D eigenvalue weighted by molar-refractivity contribution is 7.99. The molecule has 0 radical (unpaired) electrons. The summed E-state index contributed by atoms with van der Waals surface area (Å²) in [5.74, 6) is 3.36. The lowest BCUT2D eigenvalue weighted by Gasteiger charge is -2.08. The summed E-state index contributed by atoms with van der Waals surface area (Å²) < 4.78 is 8.11. The van der Waals surface area contributed by atoms with Gasteiger partial charge in [-0.15, -0.1) is 0 Å². The summed E-state index contributed by atoms with van der Waals surface area (Å²) in [5.41, 5.74) is 1.28. The maximum absolute atomic E-state index is 5.79. The average Bonchev–Trinajstić information content (AvgIpc) is 2.81. The predicted octanol–water partition coefficient (Wildman–Crippen LogP) is 4.18. The molecule has 0 aliphatic rings. The molecule has 0 aliphatic heterocycles. The predicted molar refractivity (Wildman–Crippen MR) is 80.7 cm³/mol. The Morgan fingerprint density at radius 3 is 2.89 bits per heavy atom. The van der Waals surface area contributed by atoms with E-state index in [1.807, 2.05) is 11.8 Å². The molecule has 2 rings (SSSR count). The summed E-state index contributed by atoms with van der Waals surface area (Å²) in [4.78, 5) is 0. The molecule has 0 unspecified atom stereocenters. The summed E-state index contributed by atoms with van der Waals surface area (Å²) in [7, 11) is 0. The Hall–Kier alpha value is -1.09.